The average Bonchev–Trinajstić information content (AvgIpc) is 2.67. The smallest absolute Gasteiger partial charge is 0.338 e. The second-order valence-corrected chi connectivity index (χ2v) is 5.41. The SMILES string of the molecule is CCOC(=O)c1ccc(-n2cnc3cc(OC)c(OC)cc3c2=O)cc1. The molecule has 0 aliphatic rings. The molecule has 0 saturated heterocycles. The van der Waals surface area contributed by atoms with Gasteiger partial charge in [0.15, 0.2) is 11.5 Å². The Hall–Kier alpha value is -3.35. The van der Waals surface area contributed by atoms with E-state index in [-0.39, 0.29) is 5.56 Å². The van der Waals surface area contributed by atoms with Gasteiger partial charge in [-0.15, -0.1) is 0 Å². The summed E-state index contributed by atoms with van der Waals surface area (Å²) in [5.74, 6) is 0.553. The summed E-state index contributed by atoms with van der Waals surface area (Å²) in [6.07, 6.45) is 1.44. The molecular weight excluding hydrogens is 336 g/mol. The Morgan fingerprint density at radius 1 is 1.08 bits per heavy atom. The van der Waals surface area contributed by atoms with Crippen LogP contribution in [0.5, 0.6) is 11.5 Å². The fraction of sp³-hybridized carbons (Fsp3) is 0.211. The van der Waals surface area contributed by atoms with Gasteiger partial charge in [-0.2, -0.15) is 0 Å². The Labute approximate surface area is 149 Å². The minimum absolute atomic E-state index is 0.250. The molecule has 3 rings (SSSR count). The summed E-state index contributed by atoms with van der Waals surface area (Å²) >= 11 is 0. The summed E-state index contributed by atoms with van der Waals surface area (Å²) in [5, 5.41) is 0.402. The van der Waals surface area contributed by atoms with Crippen molar-refractivity contribution < 1.29 is 19.0 Å². The first-order chi connectivity index (χ1) is 12.6. The normalized spacial score (nSPS) is 10.6. The molecule has 0 radical (unpaired) electrons. The van der Waals surface area contributed by atoms with Crippen LogP contribution in [0.3, 0.4) is 0 Å². The number of carbonyl (C=O) groups is 1. The van der Waals surface area contributed by atoms with Gasteiger partial charge in [-0.05, 0) is 37.3 Å². The summed E-state index contributed by atoms with van der Waals surface area (Å²) in [5.41, 5.74) is 1.27. The standard InChI is InChI=1S/C19H18N2O5/c1-4-26-19(23)12-5-7-13(8-6-12)21-11-20-15-10-17(25-3)16(24-2)9-14(15)18(21)22/h5-11H,4H2,1-3H3. The summed E-state index contributed by atoms with van der Waals surface area (Å²) in [6, 6.07) is 9.82. The fourth-order valence-electron chi connectivity index (χ4n) is 2.60. The van der Waals surface area contributed by atoms with Crippen LogP contribution in [0.1, 0.15) is 17.3 Å². The number of rotatable bonds is 5. The molecule has 134 valence electrons. The van der Waals surface area contributed by atoms with Crippen molar-refractivity contribution in [3.05, 3.63) is 58.6 Å². The van der Waals surface area contributed by atoms with Crippen molar-refractivity contribution in [2.24, 2.45) is 0 Å². The molecule has 3 aromatic rings. The average molecular weight is 354 g/mol. The lowest BCUT2D eigenvalue weighted by Crippen LogP contribution is -2.19. The largest absolute Gasteiger partial charge is 0.493 e. The molecule has 1 aromatic heterocycles. The van der Waals surface area contributed by atoms with E-state index in [0.29, 0.717) is 40.3 Å². The van der Waals surface area contributed by atoms with Crippen molar-refractivity contribution >= 4 is 16.9 Å². The van der Waals surface area contributed by atoms with E-state index in [2.05, 4.69) is 4.98 Å². The van der Waals surface area contributed by atoms with Crippen LogP contribution in [-0.4, -0.2) is 36.3 Å². The topological polar surface area (TPSA) is 79.7 Å². The summed E-state index contributed by atoms with van der Waals surface area (Å²) in [4.78, 5) is 28.9. The van der Waals surface area contributed by atoms with E-state index in [1.54, 1.807) is 43.3 Å². The molecule has 0 saturated carbocycles. The van der Waals surface area contributed by atoms with E-state index in [4.69, 9.17) is 14.2 Å². The number of fused-ring (bicyclic) bond motifs is 1. The maximum atomic E-state index is 12.9. The highest BCUT2D eigenvalue weighted by molar-refractivity contribution is 5.89. The van der Waals surface area contributed by atoms with Crippen LogP contribution >= 0.6 is 0 Å². The van der Waals surface area contributed by atoms with Crippen molar-refractivity contribution in [2.45, 2.75) is 6.92 Å². The predicted octanol–water partition coefficient (Wildman–Crippen LogP) is 2.58. The molecule has 7 heteroatoms. The molecule has 0 aliphatic heterocycles. The van der Waals surface area contributed by atoms with Crippen LogP contribution in [0.25, 0.3) is 16.6 Å². The Morgan fingerprint density at radius 2 is 1.73 bits per heavy atom. The molecule has 0 N–H and O–H groups in total. The Morgan fingerprint density at radius 3 is 2.35 bits per heavy atom. The zero-order chi connectivity index (χ0) is 18.7. The number of methoxy groups -OCH3 is 2. The molecule has 0 atom stereocenters. The number of benzene rings is 2. The number of hydrogen-bond acceptors (Lipinski definition) is 6. The highest BCUT2D eigenvalue weighted by Gasteiger charge is 2.12. The summed E-state index contributed by atoms with van der Waals surface area (Å²) in [6.45, 7) is 2.05. The predicted molar refractivity (Wildman–Crippen MR) is 96.4 cm³/mol. The van der Waals surface area contributed by atoms with Gasteiger partial charge < -0.3 is 14.2 Å². The number of ether oxygens (including phenoxy) is 3. The Kier molecular flexibility index (Phi) is 4.88. The van der Waals surface area contributed by atoms with E-state index in [9.17, 15) is 9.59 Å². The molecule has 26 heavy (non-hydrogen) atoms. The minimum atomic E-state index is -0.403. The Bertz CT molecular complexity index is 1010. The Balaban J connectivity index is 2.07. The third-order valence-electron chi connectivity index (χ3n) is 3.92. The van der Waals surface area contributed by atoms with Gasteiger partial charge >= 0.3 is 5.97 Å². The fourth-order valence-corrected chi connectivity index (χ4v) is 2.60. The molecule has 0 bridgehead atoms. The van der Waals surface area contributed by atoms with E-state index < -0.39 is 5.97 Å². The third kappa shape index (κ3) is 3.11. The van der Waals surface area contributed by atoms with Crippen molar-refractivity contribution in [1.29, 1.82) is 0 Å². The van der Waals surface area contributed by atoms with Gasteiger partial charge in [0, 0.05) is 6.07 Å². The maximum absolute atomic E-state index is 12.9. The van der Waals surface area contributed by atoms with Gasteiger partial charge in [0.1, 0.15) is 6.33 Å². The van der Waals surface area contributed by atoms with E-state index in [0.717, 1.165) is 0 Å². The van der Waals surface area contributed by atoms with Gasteiger partial charge in [0.05, 0.1) is 43.0 Å². The number of nitrogens with zero attached hydrogens (tertiary/aromatic N) is 2. The van der Waals surface area contributed by atoms with E-state index >= 15 is 0 Å². The lowest BCUT2D eigenvalue weighted by Gasteiger charge is -2.11. The van der Waals surface area contributed by atoms with Gasteiger partial charge in [-0.25, -0.2) is 9.78 Å². The van der Waals surface area contributed by atoms with Crippen molar-refractivity contribution in [1.82, 2.24) is 9.55 Å². The van der Waals surface area contributed by atoms with E-state index in [1.165, 1.54) is 25.1 Å². The number of hydrogen-bond donors (Lipinski definition) is 0. The van der Waals surface area contributed by atoms with E-state index in [1.807, 2.05) is 0 Å². The van der Waals surface area contributed by atoms with Crippen LogP contribution in [0.4, 0.5) is 0 Å². The first kappa shape index (κ1) is 17.5. The van der Waals surface area contributed by atoms with Gasteiger partial charge in [-0.1, -0.05) is 0 Å². The molecule has 1 heterocycles. The first-order valence-electron chi connectivity index (χ1n) is 8.00. The first-order valence-corrected chi connectivity index (χ1v) is 8.00. The van der Waals surface area contributed by atoms with Crippen LogP contribution in [0.2, 0.25) is 0 Å². The molecule has 2 aromatic carbocycles. The molecule has 0 spiro atoms. The van der Waals surface area contributed by atoms with Gasteiger partial charge in [0.25, 0.3) is 5.56 Å². The summed E-state index contributed by atoms with van der Waals surface area (Å²) < 4.78 is 16.9. The molecular formula is C19H18N2O5. The highest BCUT2D eigenvalue weighted by Crippen LogP contribution is 2.30. The minimum Gasteiger partial charge on any atom is -0.493 e. The lowest BCUT2D eigenvalue weighted by molar-refractivity contribution is 0.0526. The number of carbonyl (C=O) groups excluding carboxylic acids is 1. The lowest BCUT2D eigenvalue weighted by atomic mass is 10.2. The zero-order valence-corrected chi connectivity index (χ0v) is 14.7. The van der Waals surface area contributed by atoms with Crippen molar-refractivity contribution in [3.63, 3.8) is 0 Å². The van der Waals surface area contributed by atoms with Crippen LogP contribution in [-0.2, 0) is 4.74 Å². The van der Waals surface area contributed by atoms with Gasteiger partial charge in [0.2, 0.25) is 0 Å². The van der Waals surface area contributed by atoms with Crippen molar-refractivity contribution in [3.8, 4) is 17.2 Å². The van der Waals surface area contributed by atoms with Crippen LogP contribution in [0.15, 0.2) is 47.5 Å². The third-order valence-corrected chi connectivity index (χ3v) is 3.92. The maximum Gasteiger partial charge on any atom is 0.338 e. The van der Waals surface area contributed by atoms with Gasteiger partial charge in [-0.3, -0.25) is 9.36 Å². The summed E-state index contributed by atoms with van der Waals surface area (Å²) in [7, 11) is 3.03. The number of esters is 1. The van der Waals surface area contributed by atoms with Crippen LogP contribution in [0, 0.1) is 0 Å². The molecule has 0 fully saturated rings. The monoisotopic (exact) mass is 354 g/mol. The molecule has 0 unspecified atom stereocenters. The quantitative estimate of drug-likeness (QED) is 0.655. The zero-order valence-electron chi connectivity index (χ0n) is 14.7. The molecule has 0 aliphatic carbocycles. The van der Waals surface area contributed by atoms with Crippen LogP contribution < -0.4 is 15.0 Å². The second-order valence-electron chi connectivity index (χ2n) is 5.41. The highest BCUT2D eigenvalue weighted by atomic mass is 16.5. The van der Waals surface area contributed by atoms with Crippen molar-refractivity contribution in [2.75, 3.05) is 20.8 Å². The molecule has 0 amide bonds. The second kappa shape index (κ2) is 7.26. The molecule has 7 nitrogen and oxygen atoms in total. The number of aromatic nitrogens is 2.